The Morgan fingerprint density at radius 1 is 1.16 bits per heavy atom. The van der Waals surface area contributed by atoms with E-state index in [0.29, 0.717) is 6.04 Å². The normalized spacial score (nSPS) is 19.9. The van der Waals surface area contributed by atoms with Crippen molar-refractivity contribution in [1.82, 2.24) is 4.90 Å². The van der Waals surface area contributed by atoms with E-state index in [1.54, 1.807) is 7.11 Å². The zero-order valence-electron chi connectivity index (χ0n) is 12.0. The molecule has 1 saturated heterocycles. The number of likely N-dealkylation sites (tertiary alicyclic amines) is 1. The molecule has 0 unspecified atom stereocenters. The van der Waals surface area contributed by atoms with Gasteiger partial charge in [0.1, 0.15) is 5.75 Å². The van der Waals surface area contributed by atoms with E-state index >= 15 is 0 Å². The van der Waals surface area contributed by atoms with Crippen LogP contribution in [-0.4, -0.2) is 36.2 Å². The largest absolute Gasteiger partial charge is 0.497 e. The van der Waals surface area contributed by atoms with Gasteiger partial charge in [-0.1, -0.05) is 18.6 Å². The summed E-state index contributed by atoms with van der Waals surface area (Å²) in [4.78, 5) is 2.50. The van der Waals surface area contributed by atoms with E-state index in [1.165, 1.54) is 32.4 Å². The summed E-state index contributed by atoms with van der Waals surface area (Å²) in [5.41, 5.74) is 0.977. The molecule has 0 radical (unpaired) electrons. The lowest BCUT2D eigenvalue weighted by atomic mass is 10.00. The fraction of sp³-hybridized carbons (Fsp3) is 0.625. The van der Waals surface area contributed by atoms with Crippen LogP contribution in [0, 0.1) is 0 Å². The van der Waals surface area contributed by atoms with Crippen LogP contribution in [0.25, 0.3) is 0 Å². The minimum absolute atomic E-state index is 0.386. The summed E-state index contributed by atoms with van der Waals surface area (Å²) >= 11 is 0. The van der Waals surface area contributed by atoms with Gasteiger partial charge in [0, 0.05) is 6.04 Å². The van der Waals surface area contributed by atoms with Crippen LogP contribution in [0.2, 0.25) is 0 Å². The number of methoxy groups -OCH3 is 1. The van der Waals surface area contributed by atoms with Gasteiger partial charge < -0.3 is 14.7 Å². The average Bonchev–Trinajstić information content (AvgIpc) is 2.48. The molecule has 1 aromatic carbocycles. The highest BCUT2D eigenvalue weighted by Gasteiger charge is 2.20. The number of benzene rings is 1. The van der Waals surface area contributed by atoms with Crippen molar-refractivity contribution >= 4 is 0 Å². The topological polar surface area (TPSA) is 32.7 Å². The van der Waals surface area contributed by atoms with Crippen molar-refractivity contribution in [3.63, 3.8) is 0 Å². The van der Waals surface area contributed by atoms with Gasteiger partial charge in [0.05, 0.1) is 13.2 Å². The van der Waals surface area contributed by atoms with Crippen molar-refractivity contribution in [3.8, 4) is 5.75 Å². The third-order valence-electron chi connectivity index (χ3n) is 4.08. The maximum absolute atomic E-state index is 10.3. The van der Waals surface area contributed by atoms with E-state index in [1.807, 2.05) is 24.3 Å². The van der Waals surface area contributed by atoms with E-state index in [-0.39, 0.29) is 6.10 Å². The van der Waals surface area contributed by atoms with Crippen molar-refractivity contribution in [2.24, 2.45) is 0 Å². The van der Waals surface area contributed by atoms with Crippen LogP contribution in [0.4, 0.5) is 0 Å². The van der Waals surface area contributed by atoms with E-state index < -0.39 is 0 Å². The Kier molecular flexibility index (Phi) is 5.23. The van der Waals surface area contributed by atoms with Gasteiger partial charge in [-0.15, -0.1) is 0 Å². The van der Waals surface area contributed by atoms with E-state index in [9.17, 15) is 5.11 Å². The van der Waals surface area contributed by atoms with Crippen LogP contribution < -0.4 is 4.74 Å². The lowest BCUT2D eigenvalue weighted by molar-refractivity contribution is 0.0970. The number of piperidine rings is 1. The molecule has 0 spiro atoms. The summed E-state index contributed by atoms with van der Waals surface area (Å²) < 4.78 is 5.14. The SMILES string of the molecule is COc1ccc([C@H](O)C[C@H](C)N2CCCCC2)cc1. The Labute approximate surface area is 116 Å². The van der Waals surface area contributed by atoms with Gasteiger partial charge in [-0.25, -0.2) is 0 Å². The summed E-state index contributed by atoms with van der Waals surface area (Å²) in [6.45, 7) is 4.57. The minimum Gasteiger partial charge on any atom is -0.497 e. The second-order valence-electron chi connectivity index (χ2n) is 5.47. The smallest absolute Gasteiger partial charge is 0.118 e. The fourth-order valence-corrected chi connectivity index (χ4v) is 2.79. The Balaban J connectivity index is 1.89. The first-order valence-electron chi connectivity index (χ1n) is 7.27. The number of hydrogen-bond acceptors (Lipinski definition) is 3. The average molecular weight is 263 g/mol. The zero-order valence-corrected chi connectivity index (χ0v) is 12.0. The number of rotatable bonds is 5. The molecule has 106 valence electrons. The molecule has 0 aromatic heterocycles. The molecular weight excluding hydrogens is 238 g/mol. The Morgan fingerprint density at radius 2 is 1.79 bits per heavy atom. The molecule has 1 aromatic rings. The quantitative estimate of drug-likeness (QED) is 0.886. The number of ether oxygens (including phenoxy) is 1. The monoisotopic (exact) mass is 263 g/mol. The number of aliphatic hydroxyl groups excluding tert-OH is 1. The first-order valence-corrected chi connectivity index (χ1v) is 7.27. The first-order chi connectivity index (χ1) is 9.20. The molecule has 1 heterocycles. The number of nitrogens with zero attached hydrogens (tertiary/aromatic N) is 1. The molecular formula is C16H25NO2. The fourth-order valence-electron chi connectivity index (χ4n) is 2.79. The van der Waals surface area contributed by atoms with Gasteiger partial charge in [-0.2, -0.15) is 0 Å². The van der Waals surface area contributed by atoms with Crippen LogP contribution in [-0.2, 0) is 0 Å². The van der Waals surface area contributed by atoms with E-state index in [4.69, 9.17) is 4.74 Å². The molecule has 3 heteroatoms. The summed E-state index contributed by atoms with van der Waals surface area (Å²) in [5, 5.41) is 10.3. The van der Waals surface area contributed by atoms with Crippen molar-refractivity contribution < 1.29 is 9.84 Å². The predicted molar refractivity (Wildman–Crippen MR) is 77.5 cm³/mol. The Hall–Kier alpha value is -1.06. The predicted octanol–water partition coefficient (Wildman–Crippen LogP) is 2.99. The van der Waals surface area contributed by atoms with Crippen molar-refractivity contribution in [3.05, 3.63) is 29.8 Å². The second kappa shape index (κ2) is 6.92. The third-order valence-corrected chi connectivity index (χ3v) is 4.08. The molecule has 19 heavy (non-hydrogen) atoms. The van der Waals surface area contributed by atoms with Gasteiger partial charge in [0.15, 0.2) is 0 Å². The molecule has 2 atom stereocenters. The van der Waals surface area contributed by atoms with Crippen LogP contribution in [0.15, 0.2) is 24.3 Å². The maximum Gasteiger partial charge on any atom is 0.118 e. The molecule has 1 aliphatic rings. The van der Waals surface area contributed by atoms with Crippen molar-refractivity contribution in [2.75, 3.05) is 20.2 Å². The Morgan fingerprint density at radius 3 is 2.37 bits per heavy atom. The highest BCUT2D eigenvalue weighted by atomic mass is 16.5. The summed E-state index contributed by atoms with van der Waals surface area (Å²) in [6.07, 6.45) is 4.35. The van der Waals surface area contributed by atoms with E-state index in [0.717, 1.165) is 17.7 Å². The molecule has 3 nitrogen and oxygen atoms in total. The first kappa shape index (κ1) is 14.4. The summed E-state index contributed by atoms with van der Waals surface area (Å²) in [7, 11) is 1.66. The summed E-state index contributed by atoms with van der Waals surface area (Å²) in [6, 6.07) is 8.16. The van der Waals surface area contributed by atoms with Gasteiger partial charge in [-0.3, -0.25) is 0 Å². The molecule has 0 amide bonds. The minimum atomic E-state index is -0.386. The molecule has 0 aliphatic carbocycles. The van der Waals surface area contributed by atoms with Crippen LogP contribution in [0.3, 0.4) is 0 Å². The highest BCUT2D eigenvalue weighted by molar-refractivity contribution is 5.28. The molecule has 1 aliphatic heterocycles. The number of hydrogen-bond donors (Lipinski definition) is 1. The van der Waals surface area contributed by atoms with Gasteiger partial charge >= 0.3 is 0 Å². The molecule has 1 N–H and O–H groups in total. The van der Waals surface area contributed by atoms with Gasteiger partial charge in [0.2, 0.25) is 0 Å². The van der Waals surface area contributed by atoms with Crippen molar-refractivity contribution in [1.29, 1.82) is 0 Å². The second-order valence-corrected chi connectivity index (χ2v) is 5.47. The highest BCUT2D eigenvalue weighted by Crippen LogP contribution is 2.24. The number of aliphatic hydroxyl groups is 1. The molecule has 0 bridgehead atoms. The van der Waals surface area contributed by atoms with E-state index in [2.05, 4.69) is 11.8 Å². The standard InChI is InChI=1S/C16H25NO2/c1-13(17-10-4-3-5-11-17)12-16(18)14-6-8-15(19-2)9-7-14/h6-9,13,16,18H,3-5,10-12H2,1-2H3/t13-,16+/m0/s1. The lowest BCUT2D eigenvalue weighted by Gasteiger charge is -2.33. The zero-order chi connectivity index (χ0) is 13.7. The lowest BCUT2D eigenvalue weighted by Crippen LogP contribution is -2.38. The van der Waals surface area contributed by atoms with Gasteiger partial charge in [0.25, 0.3) is 0 Å². The van der Waals surface area contributed by atoms with Crippen molar-refractivity contribution in [2.45, 2.75) is 44.8 Å². The van der Waals surface area contributed by atoms with Crippen LogP contribution in [0.5, 0.6) is 5.75 Å². The Bertz CT molecular complexity index is 371. The third kappa shape index (κ3) is 3.95. The molecule has 1 fully saturated rings. The van der Waals surface area contributed by atoms with Crippen LogP contribution >= 0.6 is 0 Å². The molecule has 2 rings (SSSR count). The molecule has 0 saturated carbocycles. The maximum atomic E-state index is 10.3. The van der Waals surface area contributed by atoms with Gasteiger partial charge in [-0.05, 0) is 57.0 Å². The summed E-state index contributed by atoms with van der Waals surface area (Å²) in [5.74, 6) is 0.833. The van der Waals surface area contributed by atoms with Crippen LogP contribution in [0.1, 0.15) is 44.3 Å².